The summed E-state index contributed by atoms with van der Waals surface area (Å²) in [5.41, 5.74) is 3.36. The number of rotatable bonds is 2. The lowest BCUT2D eigenvalue weighted by molar-refractivity contribution is 0.0456. The Bertz CT molecular complexity index is 1480. The van der Waals surface area contributed by atoms with Gasteiger partial charge in [0, 0.05) is 29.1 Å². The van der Waals surface area contributed by atoms with Gasteiger partial charge in [0.2, 0.25) is 10.0 Å². The van der Waals surface area contributed by atoms with E-state index in [4.69, 9.17) is 16.3 Å². The Hall–Kier alpha value is -2.55. The number of carbonyl (C=O) groups is 1. The normalized spacial score (nSPS) is 31.5. The lowest BCUT2D eigenvalue weighted by atomic mass is 9.68. The largest absolute Gasteiger partial charge is 0.490 e. The molecule has 2 N–H and O–H groups in total. The van der Waals surface area contributed by atoms with Crippen molar-refractivity contribution < 1.29 is 23.1 Å². The van der Waals surface area contributed by atoms with Crippen LogP contribution >= 0.6 is 11.6 Å². The zero-order chi connectivity index (χ0) is 29.5. The standard InChI is InChI=1S/C33H41ClN2O5S/c1-2-6-26-8-3-4-9-30(37)27-13-10-24(27)19-36-20-33(16-5-7-22-17-25(34)12-14-28(22)33)21-41-31-15-11-23(18-29(31)36)32(38)35-42(26,39)40/h4,9,11-12,14-15,17-18,24,26-27,30,37H,2-3,5-8,10,13,16,19-21H2,1H3,(H,35,38)/b9-4+/t24-,26-,27+,30-,33-/m0/s1. The highest BCUT2D eigenvalue weighted by Gasteiger charge is 2.44. The number of nitrogens with one attached hydrogen (secondary N) is 1. The quantitative estimate of drug-likeness (QED) is 0.418. The van der Waals surface area contributed by atoms with Crippen LogP contribution in [0.1, 0.15) is 79.8 Å². The van der Waals surface area contributed by atoms with Crippen LogP contribution in [0.5, 0.6) is 5.75 Å². The molecule has 0 aromatic heterocycles. The second-order valence-corrected chi connectivity index (χ2v) is 15.1. The van der Waals surface area contributed by atoms with E-state index in [1.54, 1.807) is 18.2 Å². The van der Waals surface area contributed by atoms with Gasteiger partial charge >= 0.3 is 0 Å². The lowest BCUT2D eigenvalue weighted by Crippen LogP contribution is -2.49. The Morgan fingerprint density at radius 2 is 2.02 bits per heavy atom. The molecule has 0 unspecified atom stereocenters. The van der Waals surface area contributed by atoms with E-state index in [1.165, 1.54) is 11.1 Å². The van der Waals surface area contributed by atoms with E-state index in [1.807, 2.05) is 25.1 Å². The molecule has 7 nitrogen and oxygen atoms in total. The Morgan fingerprint density at radius 3 is 2.81 bits per heavy atom. The second kappa shape index (κ2) is 11.9. The van der Waals surface area contributed by atoms with E-state index >= 15 is 0 Å². The number of aryl methyl sites for hydroxylation is 1. The molecule has 0 radical (unpaired) electrons. The fraction of sp³-hybridized carbons (Fsp3) is 0.545. The van der Waals surface area contributed by atoms with Crippen LogP contribution in [0.25, 0.3) is 0 Å². The number of halogens is 1. The average molecular weight is 613 g/mol. The van der Waals surface area contributed by atoms with Crippen molar-refractivity contribution in [1.82, 2.24) is 4.72 Å². The number of benzene rings is 2. The van der Waals surface area contributed by atoms with Crippen LogP contribution in [0.15, 0.2) is 48.6 Å². The van der Waals surface area contributed by atoms with Crippen molar-refractivity contribution in [2.75, 3.05) is 24.6 Å². The molecule has 2 aliphatic heterocycles. The Kier molecular flexibility index (Phi) is 8.33. The molecule has 1 spiro atoms. The molecule has 5 atom stereocenters. The first-order valence-electron chi connectivity index (χ1n) is 15.4. The highest BCUT2D eigenvalue weighted by atomic mass is 35.5. The van der Waals surface area contributed by atoms with Crippen LogP contribution < -0.4 is 14.4 Å². The van der Waals surface area contributed by atoms with Crippen molar-refractivity contribution in [2.45, 2.75) is 81.5 Å². The number of nitrogens with zero attached hydrogens (tertiary/aromatic N) is 1. The predicted molar refractivity (Wildman–Crippen MR) is 166 cm³/mol. The molecular weight excluding hydrogens is 572 g/mol. The number of aliphatic hydroxyl groups excluding tert-OH is 1. The first-order chi connectivity index (χ1) is 20.2. The van der Waals surface area contributed by atoms with Crippen molar-refractivity contribution in [1.29, 1.82) is 0 Å². The van der Waals surface area contributed by atoms with Gasteiger partial charge in [-0.15, -0.1) is 0 Å². The van der Waals surface area contributed by atoms with E-state index in [2.05, 4.69) is 21.8 Å². The maximum absolute atomic E-state index is 13.4. The topological polar surface area (TPSA) is 95.9 Å². The molecule has 2 heterocycles. The van der Waals surface area contributed by atoms with Crippen LogP contribution in [0.2, 0.25) is 5.02 Å². The fourth-order valence-corrected chi connectivity index (χ4v) is 9.25. The van der Waals surface area contributed by atoms with Gasteiger partial charge in [0.1, 0.15) is 5.75 Å². The Morgan fingerprint density at radius 1 is 1.17 bits per heavy atom. The summed E-state index contributed by atoms with van der Waals surface area (Å²) in [7, 11) is -3.89. The molecule has 2 aromatic carbocycles. The van der Waals surface area contributed by atoms with Crippen molar-refractivity contribution in [2.24, 2.45) is 11.8 Å². The van der Waals surface area contributed by atoms with Gasteiger partial charge in [-0.2, -0.15) is 0 Å². The van der Waals surface area contributed by atoms with Gasteiger partial charge in [-0.05, 0) is 105 Å². The maximum atomic E-state index is 13.4. The first-order valence-corrected chi connectivity index (χ1v) is 17.3. The average Bonchev–Trinajstić information content (AvgIpc) is 3.09. The van der Waals surface area contributed by atoms with Crippen LogP contribution in [-0.2, 0) is 21.9 Å². The summed E-state index contributed by atoms with van der Waals surface area (Å²) in [5, 5.41) is 11.2. The number of aliphatic hydroxyl groups is 1. The molecule has 0 saturated heterocycles. The van der Waals surface area contributed by atoms with Gasteiger partial charge in [-0.1, -0.05) is 43.2 Å². The molecule has 6 rings (SSSR count). The molecule has 1 amide bonds. The first kappa shape index (κ1) is 29.5. The zero-order valence-electron chi connectivity index (χ0n) is 24.2. The van der Waals surface area contributed by atoms with E-state index < -0.39 is 27.3 Å². The minimum absolute atomic E-state index is 0.136. The predicted octanol–water partition coefficient (Wildman–Crippen LogP) is 5.78. The number of hydrogen-bond donors (Lipinski definition) is 2. The summed E-state index contributed by atoms with van der Waals surface area (Å²) < 4.78 is 35.5. The van der Waals surface area contributed by atoms with Crippen molar-refractivity contribution in [3.63, 3.8) is 0 Å². The fourth-order valence-electron chi connectivity index (χ4n) is 7.52. The van der Waals surface area contributed by atoms with Crippen molar-refractivity contribution in [3.8, 4) is 5.75 Å². The van der Waals surface area contributed by atoms with Gasteiger partial charge in [-0.25, -0.2) is 13.1 Å². The number of allylic oxidation sites excluding steroid dienone is 1. The summed E-state index contributed by atoms with van der Waals surface area (Å²) in [6, 6.07) is 11.4. The summed E-state index contributed by atoms with van der Waals surface area (Å²) in [5.74, 6) is 0.500. The second-order valence-electron chi connectivity index (χ2n) is 12.7. The highest BCUT2D eigenvalue weighted by molar-refractivity contribution is 7.90. The van der Waals surface area contributed by atoms with Gasteiger partial charge in [0.15, 0.2) is 0 Å². The van der Waals surface area contributed by atoms with Gasteiger partial charge in [0.25, 0.3) is 5.91 Å². The number of amides is 1. The molecule has 2 bridgehead atoms. The summed E-state index contributed by atoms with van der Waals surface area (Å²) in [6.07, 6.45) is 10.2. The van der Waals surface area contributed by atoms with Crippen LogP contribution in [0.4, 0.5) is 5.69 Å². The number of anilines is 1. The maximum Gasteiger partial charge on any atom is 0.264 e. The number of ether oxygens (including phenoxy) is 1. The number of sulfonamides is 1. The van der Waals surface area contributed by atoms with E-state index in [0.717, 1.165) is 49.4 Å². The SMILES string of the molecule is CCC[C@H]1CC/C=C/[C@H](O)[C@@H]2CC[C@H]2CN2C[C@@]3(CCCc4cc(Cl)ccc43)COc3ccc(cc32)C(=O)NS1(=O)=O. The van der Waals surface area contributed by atoms with Crippen LogP contribution in [0.3, 0.4) is 0 Å². The monoisotopic (exact) mass is 612 g/mol. The summed E-state index contributed by atoms with van der Waals surface area (Å²) in [4.78, 5) is 15.7. The summed E-state index contributed by atoms with van der Waals surface area (Å²) >= 11 is 6.39. The van der Waals surface area contributed by atoms with Crippen molar-refractivity contribution in [3.05, 3.63) is 70.3 Å². The van der Waals surface area contributed by atoms with Gasteiger partial charge in [0.05, 0.1) is 23.6 Å². The minimum atomic E-state index is -3.89. The van der Waals surface area contributed by atoms with E-state index in [9.17, 15) is 18.3 Å². The summed E-state index contributed by atoms with van der Waals surface area (Å²) in [6.45, 7) is 3.87. The molecule has 1 saturated carbocycles. The minimum Gasteiger partial charge on any atom is -0.490 e. The van der Waals surface area contributed by atoms with Crippen molar-refractivity contribution >= 4 is 33.2 Å². The third-order valence-electron chi connectivity index (χ3n) is 9.94. The highest BCUT2D eigenvalue weighted by Crippen LogP contribution is 2.46. The molecule has 226 valence electrons. The molecule has 9 heteroatoms. The molecular formula is C33H41ClN2O5S. The van der Waals surface area contributed by atoms with E-state index in [-0.39, 0.29) is 11.3 Å². The third-order valence-corrected chi connectivity index (χ3v) is 12.0. The van der Waals surface area contributed by atoms with Gasteiger partial charge in [-0.3, -0.25) is 4.79 Å². The molecule has 1 fully saturated rings. The van der Waals surface area contributed by atoms with E-state index in [0.29, 0.717) is 56.1 Å². The number of fused-ring (bicyclic) bond motifs is 4. The molecule has 2 aliphatic carbocycles. The number of hydrogen-bond acceptors (Lipinski definition) is 6. The lowest BCUT2D eigenvalue weighted by Gasteiger charge is -2.45. The zero-order valence-corrected chi connectivity index (χ0v) is 25.8. The number of carbonyl (C=O) groups excluding carboxylic acids is 1. The molecule has 2 aromatic rings. The molecule has 42 heavy (non-hydrogen) atoms. The van der Waals surface area contributed by atoms with Crippen LogP contribution in [0, 0.1) is 11.8 Å². The Balaban J connectivity index is 1.41. The third kappa shape index (κ3) is 5.70. The van der Waals surface area contributed by atoms with Crippen LogP contribution in [-0.4, -0.2) is 50.5 Å². The smallest absolute Gasteiger partial charge is 0.264 e. The van der Waals surface area contributed by atoms with Gasteiger partial charge < -0.3 is 14.7 Å². The molecule has 4 aliphatic rings. The Labute approximate surface area is 254 Å².